The van der Waals surface area contributed by atoms with Crippen LogP contribution in [-0.4, -0.2) is 22.2 Å². The molecule has 0 bridgehead atoms. The monoisotopic (exact) mass is 364 g/mol. The van der Waals surface area contributed by atoms with Gasteiger partial charge in [0.05, 0.1) is 11.9 Å². The molecule has 0 spiro atoms. The minimum Gasteiger partial charge on any atom is -0.406 e. The van der Waals surface area contributed by atoms with E-state index < -0.39 is 6.36 Å². The predicted octanol–water partition coefficient (Wildman–Crippen LogP) is 5.47. The number of ether oxygens (including phenoxy) is 1. The zero-order valence-corrected chi connectivity index (χ0v) is 14.4. The second-order valence-corrected chi connectivity index (χ2v) is 6.15. The fourth-order valence-corrected chi connectivity index (χ4v) is 3.00. The topological polar surface area (TPSA) is 27.1 Å². The first-order valence-corrected chi connectivity index (χ1v) is 8.65. The molecule has 7 heteroatoms. The highest BCUT2D eigenvalue weighted by molar-refractivity contribution is 7.98. The molecule has 25 heavy (non-hydrogen) atoms. The second kappa shape index (κ2) is 6.84. The van der Waals surface area contributed by atoms with Gasteiger partial charge in [0.25, 0.3) is 0 Å². The molecule has 0 N–H and O–H groups in total. The van der Waals surface area contributed by atoms with Crippen molar-refractivity contribution >= 4 is 11.8 Å². The molecule has 0 aliphatic rings. The first kappa shape index (κ1) is 17.4. The van der Waals surface area contributed by atoms with E-state index in [2.05, 4.69) is 9.72 Å². The van der Waals surface area contributed by atoms with Gasteiger partial charge in [-0.1, -0.05) is 41.6 Å². The molecule has 0 aliphatic heterocycles. The zero-order valence-electron chi connectivity index (χ0n) is 13.5. The van der Waals surface area contributed by atoms with Crippen molar-refractivity contribution in [1.82, 2.24) is 9.55 Å². The van der Waals surface area contributed by atoms with Crippen molar-refractivity contribution in [1.29, 1.82) is 0 Å². The molecule has 3 nitrogen and oxygen atoms in total. The summed E-state index contributed by atoms with van der Waals surface area (Å²) in [6.07, 6.45) is -1.04. The Morgan fingerprint density at radius 1 is 1.00 bits per heavy atom. The molecule has 0 saturated carbocycles. The Kier molecular flexibility index (Phi) is 4.76. The maximum Gasteiger partial charge on any atom is 0.573 e. The van der Waals surface area contributed by atoms with Crippen molar-refractivity contribution in [2.45, 2.75) is 18.4 Å². The van der Waals surface area contributed by atoms with Gasteiger partial charge in [0, 0.05) is 11.3 Å². The third-order valence-corrected chi connectivity index (χ3v) is 4.24. The van der Waals surface area contributed by atoms with Crippen molar-refractivity contribution in [3.63, 3.8) is 0 Å². The number of halogens is 3. The standard InChI is InChI=1S/C18H15F3N2OS/c1-12-3-5-13(6-4-12)16-11-22-17(25-2)23(16)14-7-9-15(10-8-14)24-18(19,20)21/h3-11H,1-2H3. The van der Waals surface area contributed by atoms with Gasteiger partial charge in [-0.05, 0) is 37.4 Å². The number of rotatable bonds is 4. The molecule has 0 atom stereocenters. The van der Waals surface area contributed by atoms with E-state index in [0.717, 1.165) is 22.0 Å². The van der Waals surface area contributed by atoms with Crippen LogP contribution in [0, 0.1) is 6.92 Å². The highest BCUT2D eigenvalue weighted by Crippen LogP contribution is 2.30. The van der Waals surface area contributed by atoms with Crippen molar-refractivity contribution in [2.75, 3.05) is 6.26 Å². The summed E-state index contributed by atoms with van der Waals surface area (Å²) in [5.41, 5.74) is 3.71. The van der Waals surface area contributed by atoms with Crippen molar-refractivity contribution in [2.24, 2.45) is 0 Å². The van der Waals surface area contributed by atoms with Gasteiger partial charge in [0.1, 0.15) is 5.75 Å². The van der Waals surface area contributed by atoms with Gasteiger partial charge in [0.15, 0.2) is 5.16 Å². The number of hydrogen-bond acceptors (Lipinski definition) is 3. The fraction of sp³-hybridized carbons (Fsp3) is 0.167. The van der Waals surface area contributed by atoms with Crippen molar-refractivity contribution in [3.8, 4) is 22.7 Å². The number of thioether (sulfide) groups is 1. The van der Waals surface area contributed by atoms with Crippen LogP contribution < -0.4 is 4.74 Å². The minimum absolute atomic E-state index is 0.251. The quantitative estimate of drug-likeness (QED) is 0.575. The van der Waals surface area contributed by atoms with Gasteiger partial charge >= 0.3 is 6.36 Å². The maximum atomic E-state index is 12.3. The average Bonchev–Trinajstić information content (AvgIpc) is 2.99. The van der Waals surface area contributed by atoms with E-state index >= 15 is 0 Å². The van der Waals surface area contributed by atoms with Crippen LogP contribution in [-0.2, 0) is 0 Å². The highest BCUT2D eigenvalue weighted by atomic mass is 32.2. The number of benzene rings is 2. The Balaban J connectivity index is 2.01. The van der Waals surface area contributed by atoms with E-state index in [4.69, 9.17) is 0 Å². The van der Waals surface area contributed by atoms with Gasteiger partial charge in [-0.15, -0.1) is 13.2 Å². The molecule has 0 aliphatic carbocycles. The van der Waals surface area contributed by atoms with Crippen LogP contribution >= 0.6 is 11.8 Å². The molecule has 0 unspecified atom stereocenters. The molecule has 2 aromatic carbocycles. The van der Waals surface area contributed by atoms with E-state index in [-0.39, 0.29) is 5.75 Å². The van der Waals surface area contributed by atoms with E-state index in [9.17, 15) is 13.2 Å². The molecule has 1 heterocycles. The van der Waals surface area contributed by atoms with Gasteiger partial charge in [0.2, 0.25) is 0 Å². The molecular weight excluding hydrogens is 349 g/mol. The van der Waals surface area contributed by atoms with E-state index in [1.54, 1.807) is 18.3 Å². The minimum atomic E-state index is -4.70. The number of alkyl halides is 3. The van der Waals surface area contributed by atoms with Crippen LogP contribution in [0.2, 0.25) is 0 Å². The lowest BCUT2D eigenvalue weighted by molar-refractivity contribution is -0.274. The van der Waals surface area contributed by atoms with E-state index in [1.165, 1.54) is 23.9 Å². The molecule has 3 rings (SSSR count). The van der Waals surface area contributed by atoms with E-state index in [0.29, 0.717) is 5.69 Å². The smallest absolute Gasteiger partial charge is 0.406 e. The normalized spacial score (nSPS) is 11.6. The Hall–Kier alpha value is -2.41. The van der Waals surface area contributed by atoms with Crippen LogP contribution in [0.15, 0.2) is 59.9 Å². The third kappa shape index (κ3) is 3.99. The summed E-state index contributed by atoms with van der Waals surface area (Å²) in [5, 5.41) is 0.750. The van der Waals surface area contributed by atoms with E-state index in [1.807, 2.05) is 42.0 Å². The second-order valence-electron chi connectivity index (χ2n) is 5.37. The summed E-state index contributed by atoms with van der Waals surface area (Å²) in [5.74, 6) is -0.251. The van der Waals surface area contributed by atoms with Crippen LogP contribution in [0.5, 0.6) is 5.75 Å². The molecule has 130 valence electrons. The Labute approximate surface area is 147 Å². The summed E-state index contributed by atoms with van der Waals surface area (Å²) in [6, 6.07) is 13.8. The SMILES string of the molecule is CSc1ncc(-c2ccc(C)cc2)n1-c1ccc(OC(F)(F)F)cc1. The van der Waals surface area contributed by atoms with Crippen LogP contribution in [0.3, 0.4) is 0 Å². The summed E-state index contributed by atoms with van der Waals surface area (Å²) in [6.45, 7) is 2.01. The van der Waals surface area contributed by atoms with Crippen molar-refractivity contribution < 1.29 is 17.9 Å². The summed E-state index contributed by atoms with van der Waals surface area (Å²) >= 11 is 1.46. The first-order valence-electron chi connectivity index (χ1n) is 7.42. The number of imidazole rings is 1. The maximum absolute atomic E-state index is 12.3. The highest BCUT2D eigenvalue weighted by Gasteiger charge is 2.31. The molecule has 0 saturated heterocycles. The van der Waals surface area contributed by atoms with Crippen molar-refractivity contribution in [3.05, 3.63) is 60.3 Å². The molecule has 0 radical (unpaired) electrons. The summed E-state index contributed by atoms with van der Waals surface area (Å²) in [4.78, 5) is 4.41. The molecular formula is C18H15F3N2OS. The predicted molar refractivity (Wildman–Crippen MR) is 92.2 cm³/mol. The van der Waals surface area contributed by atoms with Gasteiger partial charge in [-0.3, -0.25) is 4.57 Å². The number of nitrogens with zero attached hydrogens (tertiary/aromatic N) is 2. The number of hydrogen-bond donors (Lipinski definition) is 0. The molecule has 3 aromatic rings. The van der Waals surface area contributed by atoms with Crippen LogP contribution in [0.25, 0.3) is 16.9 Å². The van der Waals surface area contributed by atoms with Gasteiger partial charge in [-0.25, -0.2) is 4.98 Å². The number of aryl methyl sites for hydroxylation is 1. The summed E-state index contributed by atoms with van der Waals surface area (Å²) in [7, 11) is 0. The largest absolute Gasteiger partial charge is 0.573 e. The average molecular weight is 364 g/mol. The lowest BCUT2D eigenvalue weighted by Gasteiger charge is -2.13. The summed E-state index contributed by atoms with van der Waals surface area (Å²) < 4.78 is 42.8. The first-order chi connectivity index (χ1) is 11.9. The fourth-order valence-electron chi connectivity index (χ4n) is 2.45. The lowest BCUT2D eigenvalue weighted by atomic mass is 10.1. The molecule has 1 aromatic heterocycles. The van der Waals surface area contributed by atoms with Crippen LogP contribution in [0.1, 0.15) is 5.56 Å². The lowest BCUT2D eigenvalue weighted by Crippen LogP contribution is -2.17. The number of aromatic nitrogens is 2. The van der Waals surface area contributed by atoms with Crippen LogP contribution in [0.4, 0.5) is 13.2 Å². The molecule has 0 amide bonds. The van der Waals surface area contributed by atoms with Gasteiger partial charge < -0.3 is 4.74 Å². The zero-order chi connectivity index (χ0) is 18.0. The van der Waals surface area contributed by atoms with Gasteiger partial charge in [-0.2, -0.15) is 0 Å². The Morgan fingerprint density at radius 3 is 2.20 bits per heavy atom. The Bertz CT molecular complexity index is 856. The molecule has 0 fully saturated rings. The third-order valence-electron chi connectivity index (χ3n) is 3.59. The Morgan fingerprint density at radius 2 is 1.64 bits per heavy atom.